The van der Waals surface area contributed by atoms with E-state index in [-0.39, 0.29) is 5.69 Å². The number of para-hydroxylation sites is 1. The number of benzene rings is 1. The highest BCUT2D eigenvalue weighted by Crippen LogP contribution is 2.35. The van der Waals surface area contributed by atoms with Crippen LogP contribution in [0, 0.1) is 0 Å². The average Bonchev–Trinajstić information content (AvgIpc) is 2.49. The van der Waals surface area contributed by atoms with Crippen LogP contribution in [0.15, 0.2) is 30.3 Å². The number of carbonyl (C=O) groups is 2. The molecule has 0 bridgehead atoms. The molecule has 0 saturated heterocycles. The fraction of sp³-hybridized carbons (Fsp3) is 0.333. The second-order valence-corrected chi connectivity index (χ2v) is 5.71. The van der Waals surface area contributed by atoms with Crippen molar-refractivity contribution in [3.63, 3.8) is 0 Å². The van der Waals surface area contributed by atoms with Crippen molar-refractivity contribution in [2.24, 2.45) is 0 Å². The Kier molecular flexibility index (Phi) is 6.82. The number of aliphatic hydroxyl groups is 2. The van der Waals surface area contributed by atoms with Crippen molar-refractivity contribution >= 4 is 25.4 Å². The smallest absolute Gasteiger partial charge is 0.465 e. The van der Waals surface area contributed by atoms with E-state index in [1.807, 2.05) is 0 Å². The molecule has 0 aliphatic carbocycles. The van der Waals surface area contributed by atoms with Crippen molar-refractivity contribution in [3.05, 3.63) is 30.3 Å². The van der Waals surface area contributed by atoms with Gasteiger partial charge in [0.1, 0.15) is 12.2 Å². The zero-order valence-electron chi connectivity index (χ0n) is 11.7. The van der Waals surface area contributed by atoms with Crippen molar-refractivity contribution in [2.75, 3.05) is 18.1 Å². The number of phosphoric ester groups is 1. The van der Waals surface area contributed by atoms with Gasteiger partial charge in [-0.1, -0.05) is 18.2 Å². The second-order valence-electron chi connectivity index (χ2n) is 4.47. The highest BCUT2D eigenvalue weighted by molar-refractivity contribution is 7.46. The van der Waals surface area contributed by atoms with Crippen LogP contribution in [-0.4, -0.2) is 62.3 Å². The minimum absolute atomic E-state index is 0.182. The van der Waals surface area contributed by atoms with Gasteiger partial charge >= 0.3 is 13.9 Å². The number of phosphoric acid groups is 1. The summed E-state index contributed by atoms with van der Waals surface area (Å²) < 4.78 is 14.5. The number of amides is 1. The van der Waals surface area contributed by atoms with Crippen LogP contribution in [0.3, 0.4) is 0 Å². The third-order valence-corrected chi connectivity index (χ3v) is 3.21. The zero-order valence-corrected chi connectivity index (χ0v) is 12.6. The van der Waals surface area contributed by atoms with Gasteiger partial charge in [-0.15, -0.1) is 0 Å². The standard InChI is InChI=1S/C12H16NO9P/c14-9(11(16)10(15)7-22-23(19,20)21)6-13(12(17)18)8-4-2-1-3-5-8/h1-5,10-11,15-16H,6-7H2,(H,17,18)(H2,19,20,21). The molecule has 5 N–H and O–H groups in total. The maximum absolute atomic E-state index is 11.8. The summed E-state index contributed by atoms with van der Waals surface area (Å²) in [7, 11) is -4.87. The van der Waals surface area contributed by atoms with Gasteiger partial charge in [0.25, 0.3) is 0 Å². The number of carbonyl (C=O) groups excluding carboxylic acids is 1. The maximum Gasteiger partial charge on any atom is 0.469 e. The highest BCUT2D eigenvalue weighted by Gasteiger charge is 2.30. The van der Waals surface area contributed by atoms with E-state index in [1.165, 1.54) is 12.1 Å². The average molecular weight is 349 g/mol. The first-order chi connectivity index (χ1) is 10.6. The number of rotatable bonds is 8. The number of Topliss-reactive ketones (excluding diaryl/α,β-unsaturated/α-hetero) is 1. The molecule has 10 nitrogen and oxygen atoms in total. The van der Waals surface area contributed by atoms with Gasteiger partial charge in [0.05, 0.1) is 13.2 Å². The fourth-order valence-corrected chi connectivity index (χ4v) is 1.95. The van der Waals surface area contributed by atoms with Crippen LogP contribution in [0.1, 0.15) is 0 Å². The van der Waals surface area contributed by atoms with E-state index in [0.29, 0.717) is 4.90 Å². The first-order valence-electron chi connectivity index (χ1n) is 6.26. The topological polar surface area (TPSA) is 165 Å². The van der Waals surface area contributed by atoms with E-state index in [1.54, 1.807) is 18.2 Å². The molecule has 1 aromatic carbocycles. The molecule has 0 spiro atoms. The summed E-state index contributed by atoms with van der Waals surface area (Å²) in [6.07, 6.45) is -5.42. The van der Waals surface area contributed by atoms with Crippen molar-refractivity contribution < 1.29 is 43.8 Å². The van der Waals surface area contributed by atoms with Crippen LogP contribution in [0.2, 0.25) is 0 Å². The van der Waals surface area contributed by atoms with Crippen LogP contribution in [0.4, 0.5) is 10.5 Å². The van der Waals surface area contributed by atoms with Crippen LogP contribution in [-0.2, 0) is 13.9 Å². The zero-order chi connectivity index (χ0) is 17.6. The van der Waals surface area contributed by atoms with Gasteiger partial charge in [-0.3, -0.25) is 14.2 Å². The normalized spacial score (nSPS) is 14.1. The molecule has 0 aliphatic rings. The summed E-state index contributed by atoms with van der Waals surface area (Å²) in [4.78, 5) is 40.6. The number of anilines is 1. The first kappa shape index (κ1) is 19.2. The molecule has 23 heavy (non-hydrogen) atoms. The summed E-state index contributed by atoms with van der Waals surface area (Å²) in [5, 5.41) is 28.2. The molecule has 0 fully saturated rings. The lowest BCUT2D eigenvalue weighted by Gasteiger charge is -2.22. The maximum atomic E-state index is 11.8. The Hall–Kier alpha value is -1.81. The molecule has 2 unspecified atom stereocenters. The summed E-state index contributed by atoms with van der Waals surface area (Å²) >= 11 is 0. The molecule has 0 aliphatic heterocycles. The lowest BCUT2D eigenvalue weighted by Crippen LogP contribution is -2.44. The number of ketones is 1. The number of nitrogens with zero attached hydrogens (tertiary/aromatic N) is 1. The van der Waals surface area contributed by atoms with E-state index in [2.05, 4.69) is 4.52 Å². The van der Waals surface area contributed by atoms with Crippen molar-refractivity contribution in [2.45, 2.75) is 12.2 Å². The van der Waals surface area contributed by atoms with Gasteiger partial charge in [-0.25, -0.2) is 9.36 Å². The lowest BCUT2D eigenvalue weighted by molar-refractivity contribution is -0.132. The predicted octanol–water partition coefficient (Wildman–Crippen LogP) is -0.429. The van der Waals surface area contributed by atoms with Gasteiger partial charge in [0.15, 0.2) is 5.78 Å². The fourth-order valence-electron chi connectivity index (χ4n) is 1.61. The predicted molar refractivity (Wildman–Crippen MR) is 76.8 cm³/mol. The van der Waals surface area contributed by atoms with Crippen LogP contribution in [0.25, 0.3) is 0 Å². The van der Waals surface area contributed by atoms with E-state index >= 15 is 0 Å². The lowest BCUT2D eigenvalue weighted by atomic mass is 10.1. The number of hydrogen-bond donors (Lipinski definition) is 5. The summed E-state index contributed by atoms with van der Waals surface area (Å²) in [6, 6.07) is 7.61. The van der Waals surface area contributed by atoms with Crippen LogP contribution >= 0.6 is 7.82 Å². The summed E-state index contributed by atoms with van der Waals surface area (Å²) in [5.74, 6) is -1.06. The summed E-state index contributed by atoms with van der Waals surface area (Å²) in [5.41, 5.74) is 0.182. The molecule has 1 rings (SSSR count). The number of carboxylic acid groups (broad SMARTS) is 1. The minimum Gasteiger partial charge on any atom is -0.465 e. The van der Waals surface area contributed by atoms with Gasteiger partial charge in [0.2, 0.25) is 0 Å². The third kappa shape index (κ3) is 6.45. The van der Waals surface area contributed by atoms with Crippen molar-refractivity contribution in [1.82, 2.24) is 0 Å². The Morgan fingerprint density at radius 3 is 2.22 bits per heavy atom. The van der Waals surface area contributed by atoms with Gasteiger partial charge in [0, 0.05) is 5.69 Å². The molecule has 11 heteroatoms. The monoisotopic (exact) mass is 349 g/mol. The van der Waals surface area contributed by atoms with Crippen molar-refractivity contribution in [3.8, 4) is 0 Å². The Bertz CT molecular complexity index is 587. The minimum atomic E-state index is -4.87. The molecule has 2 atom stereocenters. The second kappa shape index (κ2) is 8.16. The Morgan fingerprint density at radius 2 is 1.74 bits per heavy atom. The van der Waals surface area contributed by atoms with E-state index in [4.69, 9.17) is 14.9 Å². The molecular formula is C12H16NO9P. The molecule has 0 aromatic heterocycles. The van der Waals surface area contributed by atoms with E-state index < -0.39 is 45.1 Å². The summed E-state index contributed by atoms with van der Waals surface area (Å²) in [6.45, 7) is -1.75. The molecule has 128 valence electrons. The van der Waals surface area contributed by atoms with Gasteiger partial charge < -0.3 is 25.1 Å². The third-order valence-electron chi connectivity index (χ3n) is 2.72. The van der Waals surface area contributed by atoms with E-state index in [0.717, 1.165) is 0 Å². The Balaban J connectivity index is 2.71. The number of hydrogen-bond acceptors (Lipinski definition) is 6. The quantitative estimate of drug-likeness (QED) is 0.392. The Labute approximate surface area is 130 Å². The molecule has 1 aromatic rings. The van der Waals surface area contributed by atoms with Crippen molar-refractivity contribution in [1.29, 1.82) is 0 Å². The molecule has 0 radical (unpaired) electrons. The molecule has 1 amide bonds. The highest BCUT2D eigenvalue weighted by atomic mass is 31.2. The van der Waals surface area contributed by atoms with Gasteiger partial charge in [-0.2, -0.15) is 0 Å². The molecule has 0 saturated carbocycles. The van der Waals surface area contributed by atoms with Crippen LogP contribution in [0.5, 0.6) is 0 Å². The van der Waals surface area contributed by atoms with E-state index in [9.17, 15) is 24.4 Å². The first-order valence-corrected chi connectivity index (χ1v) is 7.79. The van der Waals surface area contributed by atoms with Crippen LogP contribution < -0.4 is 4.90 Å². The van der Waals surface area contributed by atoms with Gasteiger partial charge in [-0.05, 0) is 12.1 Å². The number of aliphatic hydroxyl groups excluding tert-OH is 2. The Morgan fingerprint density at radius 1 is 1.17 bits per heavy atom. The molecular weight excluding hydrogens is 333 g/mol. The SMILES string of the molecule is O=C(CN(C(=O)O)c1ccccc1)C(O)C(O)COP(=O)(O)O. The largest absolute Gasteiger partial charge is 0.469 e. The molecule has 0 heterocycles.